The number of rotatable bonds is 26. The van der Waals surface area contributed by atoms with Gasteiger partial charge < -0.3 is 76.9 Å². The average molecular weight is 1680 g/mol. The van der Waals surface area contributed by atoms with Crippen molar-refractivity contribution in [3.8, 4) is 68.6 Å². The summed E-state index contributed by atoms with van der Waals surface area (Å²) < 4.78 is 24.9. The van der Waals surface area contributed by atoms with Gasteiger partial charge in [-0.25, -0.2) is 58.0 Å². The number of nitrogens with two attached hydrogens (primary N) is 3. The number of amides is 3. The number of hydrogen-bond donors (Lipinski definition) is 6. The molecule has 0 radical (unpaired) electrons. The number of ether oxygens (including phenoxy) is 3. The van der Waals surface area contributed by atoms with Crippen molar-refractivity contribution >= 4 is 85.7 Å². The summed E-state index contributed by atoms with van der Waals surface area (Å²) in [5.41, 5.74) is 23.9. The number of para-hydroxylation sites is 3. The normalized spacial score (nSPS) is 13.8. The lowest BCUT2D eigenvalue weighted by Crippen LogP contribution is -2.50. The SMILES string of the molecule is C[N+](C)([O-])C/C=C/C(=O)Nc1cccc(-n2c(=O)n(-c3ccc(Oc4ccccc4)cc3)c3c(N)ncnc32)c1.C[N+]([O-])(C/C=C/C(=O)Nc1cccc(-n2c(=O)n(-c3ccc(Oc4ccccc4)cc3)c3c(N)ncnc32)c1)C1CC1.C[N+]([O-])(C/C=C/C(=O)Nc1cccc(-n2c(=O)n(-c3ccc(Oc4ccccc4)cc3)c3c(N)ncnc32)c1)C1CCC1. The first-order valence-electron chi connectivity index (χ1n) is 39.9. The van der Waals surface area contributed by atoms with E-state index in [1.807, 2.05) is 91.0 Å². The van der Waals surface area contributed by atoms with Crippen molar-refractivity contribution in [1.82, 2.24) is 57.3 Å². The number of fused-ring (bicyclic) bond motifs is 3. The Morgan fingerprint density at radius 3 is 0.912 bits per heavy atom. The van der Waals surface area contributed by atoms with Gasteiger partial charge in [-0.15, -0.1) is 0 Å². The zero-order valence-corrected chi connectivity index (χ0v) is 68.4. The van der Waals surface area contributed by atoms with Crippen LogP contribution < -0.4 is 64.4 Å². The van der Waals surface area contributed by atoms with Crippen molar-refractivity contribution in [2.24, 2.45) is 0 Å². The third-order valence-electron chi connectivity index (χ3n) is 20.7. The Kier molecular flexibility index (Phi) is 24.7. The Bertz CT molecular complexity index is 6730. The number of anilines is 6. The van der Waals surface area contributed by atoms with E-state index < -0.39 is 27.6 Å². The molecule has 15 aromatic rings. The van der Waals surface area contributed by atoms with Crippen LogP contribution in [0.4, 0.5) is 34.5 Å². The largest absolute Gasteiger partial charge is 0.633 e. The van der Waals surface area contributed by atoms with E-state index in [0.717, 1.165) is 32.1 Å². The molecule has 0 saturated heterocycles. The van der Waals surface area contributed by atoms with Crippen LogP contribution in [-0.4, -0.2) is 149 Å². The predicted molar refractivity (Wildman–Crippen MR) is 479 cm³/mol. The van der Waals surface area contributed by atoms with Crippen molar-refractivity contribution in [1.29, 1.82) is 0 Å². The molecular weight excluding hydrogens is 1590 g/mol. The number of nitrogen functional groups attached to an aromatic ring is 3. The van der Waals surface area contributed by atoms with Crippen molar-refractivity contribution in [2.75, 3.05) is 81.0 Å². The smallest absolute Gasteiger partial charge is 0.339 e. The average Bonchev–Trinajstić information content (AvgIpc) is 1.60. The van der Waals surface area contributed by atoms with Gasteiger partial charge in [-0.3, -0.25) is 28.1 Å². The van der Waals surface area contributed by atoms with Gasteiger partial charge in [0.15, 0.2) is 34.4 Å². The van der Waals surface area contributed by atoms with Crippen molar-refractivity contribution in [2.45, 2.75) is 44.2 Å². The second-order valence-corrected chi connectivity index (χ2v) is 30.5. The fourth-order valence-corrected chi connectivity index (χ4v) is 14.1. The number of hydroxylamine groups is 9. The maximum absolute atomic E-state index is 13.9. The number of carbonyl (C=O) groups excluding carboxylic acids is 3. The molecule has 0 spiro atoms. The molecule has 2 fully saturated rings. The van der Waals surface area contributed by atoms with Gasteiger partial charge in [-0.2, -0.15) is 0 Å². The van der Waals surface area contributed by atoms with E-state index in [1.54, 1.807) is 172 Å². The zero-order valence-electron chi connectivity index (χ0n) is 68.4. The second-order valence-electron chi connectivity index (χ2n) is 30.5. The van der Waals surface area contributed by atoms with Crippen LogP contribution in [0.25, 0.3) is 67.6 Å². The summed E-state index contributed by atoms with van der Waals surface area (Å²) in [4.78, 5) is 105. The Labute approximate surface area is 714 Å². The molecule has 6 heterocycles. The van der Waals surface area contributed by atoms with Crippen LogP contribution in [0, 0.1) is 15.6 Å². The number of quaternary nitrogens is 3. The first kappa shape index (κ1) is 84.2. The van der Waals surface area contributed by atoms with Gasteiger partial charge in [0, 0.05) is 48.1 Å². The number of nitrogens with one attached hydrogen (secondary N) is 3. The maximum atomic E-state index is 13.9. The van der Waals surface area contributed by atoms with E-state index in [4.69, 9.17) is 31.4 Å². The van der Waals surface area contributed by atoms with Crippen LogP contribution in [0.1, 0.15) is 32.1 Å². The van der Waals surface area contributed by atoms with Crippen molar-refractivity contribution in [3.63, 3.8) is 0 Å². The highest BCUT2D eigenvalue weighted by Crippen LogP contribution is 2.35. The minimum Gasteiger partial charge on any atom is -0.633 e. The molecule has 9 aromatic carbocycles. The van der Waals surface area contributed by atoms with E-state index in [-0.39, 0.29) is 70.3 Å². The third-order valence-corrected chi connectivity index (χ3v) is 20.7. The van der Waals surface area contributed by atoms with E-state index >= 15 is 0 Å². The van der Waals surface area contributed by atoms with Crippen LogP contribution >= 0.6 is 0 Å². The molecule has 33 heteroatoms. The van der Waals surface area contributed by atoms with Gasteiger partial charge in [-0.05, 0) is 201 Å². The third kappa shape index (κ3) is 19.8. The van der Waals surface area contributed by atoms with Crippen LogP contribution in [-0.2, 0) is 14.4 Å². The molecule has 0 aliphatic heterocycles. The minimum absolute atomic E-state index is 0.100. The van der Waals surface area contributed by atoms with Gasteiger partial charge >= 0.3 is 17.1 Å². The number of imidazole rings is 3. The fraction of sp³-hybridized carbons (Fsp3) is 0.152. The van der Waals surface area contributed by atoms with Gasteiger partial charge in [0.25, 0.3) is 0 Å². The van der Waals surface area contributed by atoms with E-state index in [9.17, 15) is 44.4 Å². The monoisotopic (exact) mass is 1680 g/mol. The lowest BCUT2D eigenvalue weighted by molar-refractivity contribution is -0.886. The number of aromatic nitrogens is 12. The van der Waals surface area contributed by atoms with Crippen LogP contribution in [0.2, 0.25) is 0 Å². The maximum Gasteiger partial charge on any atom is 0.339 e. The Morgan fingerprint density at radius 1 is 0.360 bits per heavy atom. The first-order valence-corrected chi connectivity index (χ1v) is 39.9. The van der Waals surface area contributed by atoms with E-state index in [2.05, 4.69) is 45.9 Å². The summed E-state index contributed by atoms with van der Waals surface area (Å²) in [6.07, 6.45) is 17.4. The summed E-state index contributed by atoms with van der Waals surface area (Å²) in [7, 11) is 6.25. The quantitative estimate of drug-likeness (QED) is 0.0167. The molecular formula is C92H87N21O12. The summed E-state index contributed by atoms with van der Waals surface area (Å²) in [5.74, 6) is 3.18. The summed E-state index contributed by atoms with van der Waals surface area (Å²) in [6, 6.07) is 70.0. The minimum atomic E-state index is -0.542. The van der Waals surface area contributed by atoms with E-state index in [1.165, 1.54) is 84.8 Å². The highest BCUT2D eigenvalue weighted by atomic mass is 16.6. The molecule has 3 amide bonds. The lowest BCUT2D eigenvalue weighted by atomic mass is 9.91. The van der Waals surface area contributed by atoms with Crippen LogP contribution in [0.5, 0.6) is 34.5 Å². The Balaban J connectivity index is 0.000000145. The highest BCUT2D eigenvalue weighted by molar-refractivity contribution is 6.01. The van der Waals surface area contributed by atoms with Gasteiger partial charge in [0.2, 0.25) is 17.7 Å². The predicted octanol–water partition coefficient (Wildman–Crippen LogP) is 13.5. The van der Waals surface area contributed by atoms with Gasteiger partial charge in [-0.1, -0.05) is 72.8 Å². The molecule has 9 N–H and O–H groups in total. The Hall–Kier alpha value is -15.8. The van der Waals surface area contributed by atoms with Crippen molar-refractivity contribution in [3.05, 3.63) is 339 Å². The fourth-order valence-electron chi connectivity index (χ4n) is 14.1. The van der Waals surface area contributed by atoms with Crippen LogP contribution in [0.15, 0.2) is 306 Å². The van der Waals surface area contributed by atoms with Gasteiger partial charge in [0.05, 0.1) is 94.0 Å². The summed E-state index contributed by atoms with van der Waals surface area (Å²) in [5, 5.41) is 45.2. The molecule has 33 nitrogen and oxygen atoms in total. The first-order chi connectivity index (χ1) is 60.3. The molecule has 2 aliphatic carbocycles. The van der Waals surface area contributed by atoms with Crippen LogP contribution in [0.3, 0.4) is 0 Å². The zero-order chi connectivity index (χ0) is 87.5. The number of carbonyl (C=O) groups is 3. The molecule has 2 aliphatic rings. The Morgan fingerprint density at radius 2 is 0.640 bits per heavy atom. The number of nitrogens with zero attached hydrogens (tertiary/aromatic N) is 15. The summed E-state index contributed by atoms with van der Waals surface area (Å²) in [6.45, 7) is 0.615. The molecule has 2 atom stereocenters. The molecule has 0 bridgehead atoms. The standard InChI is InChI=1S/C32H31N7O4.C31H29N7O4.C29H27N7O4/c1-39(42,25-10-6-11-25)19-7-14-28(40)36-22-8-5-9-24(20-22)38-31-29(30(33)34-21-35-31)37(32(38)41)23-15-17-27(18-16-23)43-26-12-3-2-4-13-26;1-38(41,24-14-15-24)18-6-11-27(39)35-21-7-5-8-23(19-21)37-30-28(29(32)33-20-34-30)36(31(37)40)22-12-16-26(17-13-22)42-25-9-3-2-4-10-25;1-36(2,39)17-7-12-25(37)33-20-8-6-9-22(18-20)35-28-26(27(30)31-19-32-28)34(29(35)38)21-13-15-24(16-14-21)40-23-10-4-3-5-11-23/h2-5,7-9,12-18,20-21,25H,6,10-11,19H2,1H3,(H,36,40)(H2,33,34,35);2-13,16-17,19-20,24H,14-15,18H2,1H3,(H,35,39)(H2,32,33,34);3-16,18-19H,17H2,1-2H3,(H,33,37)(H2,30,31,32)/b14-7+;11-6+;12-7+. The topological polar surface area (TPSA) is 420 Å². The molecule has 17 rings (SSSR count). The summed E-state index contributed by atoms with van der Waals surface area (Å²) >= 11 is 0. The lowest BCUT2D eigenvalue weighted by Gasteiger charge is -2.48. The van der Waals surface area contributed by atoms with E-state index in [0.29, 0.717) is 119 Å². The molecule has 125 heavy (non-hydrogen) atoms. The molecule has 2 unspecified atom stereocenters. The molecule has 2 saturated carbocycles. The number of benzene rings is 9. The molecule has 6 aromatic heterocycles. The highest BCUT2D eigenvalue weighted by Gasteiger charge is 2.35. The molecule has 632 valence electrons. The number of hydrogen-bond acceptors (Lipinski definition) is 21. The second kappa shape index (κ2) is 36.7. The van der Waals surface area contributed by atoms with Crippen molar-refractivity contribution < 1.29 is 42.5 Å². The number of likely N-dealkylation sites (N-methyl/N-ethyl adjacent to an activating group) is 3. The van der Waals surface area contributed by atoms with Gasteiger partial charge in [0.1, 0.15) is 70.0 Å².